The zero-order valence-electron chi connectivity index (χ0n) is 12.9. The van der Waals surface area contributed by atoms with Crippen LogP contribution in [0.3, 0.4) is 0 Å². The lowest BCUT2D eigenvalue weighted by atomic mass is 10.1. The summed E-state index contributed by atoms with van der Waals surface area (Å²) >= 11 is 0. The molecular formula is C17H28N2O. The Kier molecular flexibility index (Phi) is 6.51. The fourth-order valence-electron chi connectivity index (χ4n) is 2.78. The molecule has 2 rings (SSSR count). The molecule has 0 amide bonds. The summed E-state index contributed by atoms with van der Waals surface area (Å²) in [4.78, 5) is 2.46. The molecule has 1 aromatic carbocycles. The van der Waals surface area contributed by atoms with Gasteiger partial charge in [0.15, 0.2) is 0 Å². The van der Waals surface area contributed by atoms with Gasteiger partial charge >= 0.3 is 0 Å². The maximum absolute atomic E-state index is 5.81. The molecule has 20 heavy (non-hydrogen) atoms. The number of hydrogen-bond acceptors (Lipinski definition) is 3. The largest absolute Gasteiger partial charge is 0.377 e. The molecule has 0 bridgehead atoms. The Bertz CT molecular complexity index is 377. The van der Waals surface area contributed by atoms with Crippen LogP contribution >= 0.6 is 0 Å². The Morgan fingerprint density at radius 1 is 1.25 bits per heavy atom. The number of nitrogens with zero attached hydrogens (tertiary/aromatic N) is 1. The molecule has 112 valence electrons. The van der Waals surface area contributed by atoms with Crippen molar-refractivity contribution in [1.29, 1.82) is 0 Å². The Labute approximate surface area is 123 Å². The van der Waals surface area contributed by atoms with Gasteiger partial charge in [-0.05, 0) is 50.5 Å². The highest BCUT2D eigenvalue weighted by Crippen LogP contribution is 2.17. The standard InChI is InChI=1S/C17H28N2O/c1-3-18-13-15-6-8-16(9-7-15)14-20-12-10-17-5-4-11-19(17)2/h6-9,17-18H,3-5,10-14H2,1-2H3. The number of hydrogen-bond donors (Lipinski definition) is 1. The van der Waals surface area contributed by atoms with Gasteiger partial charge in [0.05, 0.1) is 6.61 Å². The van der Waals surface area contributed by atoms with Gasteiger partial charge in [-0.15, -0.1) is 0 Å². The molecule has 0 aliphatic carbocycles. The smallest absolute Gasteiger partial charge is 0.0716 e. The molecule has 1 saturated heterocycles. The lowest BCUT2D eigenvalue weighted by Crippen LogP contribution is -2.26. The summed E-state index contributed by atoms with van der Waals surface area (Å²) in [6, 6.07) is 9.46. The second kappa shape index (κ2) is 8.40. The molecule has 0 saturated carbocycles. The van der Waals surface area contributed by atoms with Crippen molar-refractivity contribution in [3.8, 4) is 0 Å². The molecule has 0 aromatic heterocycles. The van der Waals surface area contributed by atoms with E-state index in [4.69, 9.17) is 4.74 Å². The molecule has 0 radical (unpaired) electrons. The van der Waals surface area contributed by atoms with Crippen molar-refractivity contribution in [2.24, 2.45) is 0 Å². The molecule has 1 aliphatic heterocycles. The second-order valence-corrected chi connectivity index (χ2v) is 5.71. The van der Waals surface area contributed by atoms with Crippen molar-refractivity contribution in [2.75, 3.05) is 26.7 Å². The zero-order valence-corrected chi connectivity index (χ0v) is 12.9. The summed E-state index contributed by atoms with van der Waals surface area (Å²) in [5, 5.41) is 3.34. The summed E-state index contributed by atoms with van der Waals surface area (Å²) in [5.41, 5.74) is 2.60. The molecule has 1 aromatic rings. The van der Waals surface area contributed by atoms with Crippen molar-refractivity contribution in [3.63, 3.8) is 0 Å². The van der Waals surface area contributed by atoms with Crippen LogP contribution in [0.25, 0.3) is 0 Å². The maximum Gasteiger partial charge on any atom is 0.0716 e. The molecule has 1 aliphatic rings. The van der Waals surface area contributed by atoms with Crippen LogP contribution in [0.1, 0.15) is 37.3 Å². The Morgan fingerprint density at radius 2 is 2.00 bits per heavy atom. The first-order chi connectivity index (χ1) is 9.79. The van der Waals surface area contributed by atoms with Crippen LogP contribution in [0.4, 0.5) is 0 Å². The Hall–Kier alpha value is -0.900. The van der Waals surface area contributed by atoms with Gasteiger partial charge in [0, 0.05) is 19.2 Å². The number of ether oxygens (including phenoxy) is 1. The molecule has 3 heteroatoms. The van der Waals surface area contributed by atoms with Gasteiger partial charge in [-0.1, -0.05) is 31.2 Å². The summed E-state index contributed by atoms with van der Waals surface area (Å²) in [5.74, 6) is 0. The van der Waals surface area contributed by atoms with Crippen molar-refractivity contribution in [3.05, 3.63) is 35.4 Å². The van der Waals surface area contributed by atoms with Crippen LogP contribution in [0.2, 0.25) is 0 Å². The zero-order chi connectivity index (χ0) is 14.2. The number of likely N-dealkylation sites (tertiary alicyclic amines) is 1. The topological polar surface area (TPSA) is 24.5 Å². The molecule has 1 unspecified atom stereocenters. The van der Waals surface area contributed by atoms with Crippen LogP contribution in [0.5, 0.6) is 0 Å². The third kappa shape index (κ3) is 4.89. The summed E-state index contributed by atoms with van der Waals surface area (Å²) in [6.45, 7) is 6.94. The molecule has 0 spiro atoms. The highest BCUT2D eigenvalue weighted by molar-refractivity contribution is 5.21. The van der Waals surface area contributed by atoms with Gasteiger partial charge in [0.2, 0.25) is 0 Å². The fourth-order valence-corrected chi connectivity index (χ4v) is 2.78. The average Bonchev–Trinajstić information content (AvgIpc) is 2.88. The van der Waals surface area contributed by atoms with Gasteiger partial charge in [-0.25, -0.2) is 0 Å². The van der Waals surface area contributed by atoms with Gasteiger partial charge in [0.1, 0.15) is 0 Å². The molecular weight excluding hydrogens is 248 g/mol. The van der Waals surface area contributed by atoms with E-state index in [-0.39, 0.29) is 0 Å². The van der Waals surface area contributed by atoms with Crippen LogP contribution in [-0.2, 0) is 17.9 Å². The third-order valence-electron chi connectivity index (χ3n) is 4.14. The highest BCUT2D eigenvalue weighted by atomic mass is 16.5. The maximum atomic E-state index is 5.81. The van der Waals surface area contributed by atoms with Gasteiger partial charge in [-0.2, -0.15) is 0 Å². The van der Waals surface area contributed by atoms with Crippen molar-refractivity contribution in [2.45, 2.75) is 45.4 Å². The van der Waals surface area contributed by atoms with E-state index in [2.05, 4.69) is 48.5 Å². The second-order valence-electron chi connectivity index (χ2n) is 5.71. The molecule has 1 atom stereocenters. The van der Waals surface area contributed by atoms with E-state index >= 15 is 0 Å². The highest BCUT2D eigenvalue weighted by Gasteiger charge is 2.19. The minimum atomic E-state index is 0.734. The van der Waals surface area contributed by atoms with Gasteiger partial charge < -0.3 is 15.0 Å². The van der Waals surface area contributed by atoms with E-state index in [1.807, 2.05) is 0 Å². The quantitative estimate of drug-likeness (QED) is 0.739. The average molecular weight is 276 g/mol. The van der Waals surface area contributed by atoms with Gasteiger partial charge in [-0.3, -0.25) is 0 Å². The van der Waals surface area contributed by atoms with Gasteiger partial charge in [0.25, 0.3) is 0 Å². The summed E-state index contributed by atoms with van der Waals surface area (Å²) in [7, 11) is 2.22. The number of nitrogens with one attached hydrogen (secondary N) is 1. The van der Waals surface area contributed by atoms with Crippen LogP contribution < -0.4 is 5.32 Å². The van der Waals surface area contributed by atoms with E-state index < -0.39 is 0 Å². The minimum absolute atomic E-state index is 0.734. The minimum Gasteiger partial charge on any atom is -0.377 e. The number of rotatable bonds is 8. The van der Waals surface area contributed by atoms with Crippen molar-refractivity contribution in [1.82, 2.24) is 10.2 Å². The van der Waals surface area contributed by atoms with Crippen molar-refractivity contribution >= 4 is 0 Å². The Balaban J connectivity index is 1.63. The first kappa shape index (κ1) is 15.5. The molecule has 1 N–H and O–H groups in total. The number of benzene rings is 1. The lowest BCUT2D eigenvalue weighted by molar-refractivity contribution is 0.101. The molecule has 1 fully saturated rings. The van der Waals surface area contributed by atoms with Crippen LogP contribution in [0, 0.1) is 0 Å². The summed E-state index contributed by atoms with van der Waals surface area (Å²) < 4.78 is 5.81. The van der Waals surface area contributed by atoms with Crippen LogP contribution in [0.15, 0.2) is 24.3 Å². The third-order valence-corrected chi connectivity index (χ3v) is 4.14. The first-order valence-electron chi connectivity index (χ1n) is 7.86. The monoisotopic (exact) mass is 276 g/mol. The molecule has 3 nitrogen and oxygen atoms in total. The van der Waals surface area contributed by atoms with Crippen LogP contribution in [-0.4, -0.2) is 37.7 Å². The SMILES string of the molecule is CCNCc1ccc(COCCC2CCCN2C)cc1. The Morgan fingerprint density at radius 3 is 2.65 bits per heavy atom. The summed E-state index contributed by atoms with van der Waals surface area (Å²) in [6.07, 6.45) is 3.84. The van der Waals surface area contributed by atoms with E-state index in [1.165, 1.54) is 30.5 Å². The van der Waals surface area contributed by atoms with E-state index in [1.54, 1.807) is 0 Å². The predicted octanol–water partition coefficient (Wildman–Crippen LogP) is 2.80. The van der Waals surface area contributed by atoms with E-state index in [9.17, 15) is 0 Å². The molecule has 1 heterocycles. The fraction of sp³-hybridized carbons (Fsp3) is 0.647. The van der Waals surface area contributed by atoms with Crippen molar-refractivity contribution < 1.29 is 4.74 Å². The first-order valence-corrected chi connectivity index (χ1v) is 7.86. The predicted molar refractivity (Wildman–Crippen MR) is 83.7 cm³/mol. The van der Waals surface area contributed by atoms with E-state index in [0.717, 1.165) is 38.8 Å². The normalized spacial score (nSPS) is 19.6. The lowest BCUT2D eigenvalue weighted by Gasteiger charge is -2.19. The van der Waals surface area contributed by atoms with E-state index in [0.29, 0.717) is 0 Å².